The first-order valence-corrected chi connectivity index (χ1v) is 10.3. The minimum Gasteiger partial charge on any atom is -0.451 e. The summed E-state index contributed by atoms with van der Waals surface area (Å²) in [5.74, 6) is -1.45. The van der Waals surface area contributed by atoms with E-state index in [0.29, 0.717) is 13.0 Å². The van der Waals surface area contributed by atoms with Crippen LogP contribution in [-0.4, -0.2) is 60.9 Å². The fourth-order valence-corrected chi connectivity index (χ4v) is 4.81. The van der Waals surface area contributed by atoms with Crippen molar-refractivity contribution in [3.05, 3.63) is 27.0 Å². The number of carbonyl (C=O) groups is 2. The van der Waals surface area contributed by atoms with E-state index in [4.69, 9.17) is 39.5 Å². The van der Waals surface area contributed by atoms with Gasteiger partial charge in [0.05, 0.1) is 26.6 Å². The normalized spacial score (nSPS) is 18.8. The SMILES string of the molecule is CCN(C(=O)COC(=O)c1ncc(Cl)c(Cl)c1Cl)C1CCS(=O)(=O)C1. The van der Waals surface area contributed by atoms with Crippen LogP contribution in [0.25, 0.3) is 0 Å². The van der Waals surface area contributed by atoms with Crippen molar-refractivity contribution >= 4 is 56.5 Å². The third-order valence-corrected chi connectivity index (χ3v) is 6.74. The molecule has 1 aliphatic heterocycles. The molecule has 1 atom stereocenters. The van der Waals surface area contributed by atoms with Crippen LogP contribution in [0.4, 0.5) is 0 Å². The fraction of sp³-hybridized carbons (Fsp3) is 0.500. The van der Waals surface area contributed by atoms with Gasteiger partial charge in [0.15, 0.2) is 22.1 Å². The van der Waals surface area contributed by atoms with E-state index in [0.717, 1.165) is 6.20 Å². The van der Waals surface area contributed by atoms with Crippen molar-refractivity contribution in [2.24, 2.45) is 0 Å². The monoisotopic (exact) mass is 428 g/mol. The van der Waals surface area contributed by atoms with Crippen molar-refractivity contribution in [1.82, 2.24) is 9.88 Å². The van der Waals surface area contributed by atoms with Crippen LogP contribution in [-0.2, 0) is 19.4 Å². The second kappa shape index (κ2) is 8.07. The van der Waals surface area contributed by atoms with E-state index in [1.54, 1.807) is 6.92 Å². The lowest BCUT2D eigenvalue weighted by molar-refractivity contribution is -0.136. The predicted molar refractivity (Wildman–Crippen MR) is 94.0 cm³/mol. The highest BCUT2D eigenvalue weighted by atomic mass is 35.5. The summed E-state index contributed by atoms with van der Waals surface area (Å²) in [4.78, 5) is 29.4. The minimum absolute atomic E-state index is 0.0389. The Labute approximate surface area is 160 Å². The van der Waals surface area contributed by atoms with Crippen molar-refractivity contribution in [3.63, 3.8) is 0 Å². The van der Waals surface area contributed by atoms with Gasteiger partial charge < -0.3 is 9.64 Å². The lowest BCUT2D eigenvalue weighted by Crippen LogP contribution is -2.43. The van der Waals surface area contributed by atoms with Crippen LogP contribution >= 0.6 is 34.8 Å². The molecule has 1 aliphatic rings. The van der Waals surface area contributed by atoms with Crippen LogP contribution in [0.15, 0.2) is 6.20 Å². The molecular weight excluding hydrogens is 415 g/mol. The summed E-state index contributed by atoms with van der Waals surface area (Å²) in [6.45, 7) is 1.48. The average molecular weight is 430 g/mol. The quantitative estimate of drug-likeness (QED) is 0.666. The number of esters is 1. The Morgan fingerprint density at radius 1 is 1.32 bits per heavy atom. The summed E-state index contributed by atoms with van der Waals surface area (Å²) in [7, 11) is -3.13. The number of amides is 1. The predicted octanol–water partition coefficient (Wildman–Crippen LogP) is 2.23. The summed E-state index contributed by atoms with van der Waals surface area (Å²) in [6, 6.07) is -0.409. The van der Waals surface area contributed by atoms with Crippen LogP contribution in [0.5, 0.6) is 0 Å². The van der Waals surface area contributed by atoms with E-state index < -0.39 is 34.4 Å². The Morgan fingerprint density at radius 2 is 2.00 bits per heavy atom. The van der Waals surface area contributed by atoms with Gasteiger partial charge in [0, 0.05) is 18.8 Å². The van der Waals surface area contributed by atoms with Gasteiger partial charge in [-0.05, 0) is 13.3 Å². The Bertz CT molecular complexity index is 800. The number of hydrogen-bond acceptors (Lipinski definition) is 6. The van der Waals surface area contributed by atoms with Crippen molar-refractivity contribution in [2.75, 3.05) is 24.7 Å². The fourth-order valence-electron chi connectivity index (χ4n) is 2.52. The van der Waals surface area contributed by atoms with Crippen molar-refractivity contribution in [3.8, 4) is 0 Å². The molecule has 25 heavy (non-hydrogen) atoms. The molecule has 0 radical (unpaired) electrons. The van der Waals surface area contributed by atoms with Crippen molar-refractivity contribution < 1.29 is 22.7 Å². The standard InChI is InChI=1S/C14H15Cl3N2O5S/c1-2-19(8-3-4-25(22,23)7-8)10(20)6-24-14(21)13-12(17)11(16)9(15)5-18-13/h5,8H,2-4,6-7H2,1H3. The van der Waals surface area contributed by atoms with Crippen LogP contribution in [0.2, 0.25) is 15.1 Å². The zero-order valence-corrected chi connectivity index (χ0v) is 16.3. The number of halogens is 3. The molecule has 2 rings (SSSR count). The largest absolute Gasteiger partial charge is 0.451 e. The molecule has 1 aromatic rings. The Kier molecular flexibility index (Phi) is 6.53. The van der Waals surface area contributed by atoms with Gasteiger partial charge in [0.1, 0.15) is 0 Å². The maximum Gasteiger partial charge on any atom is 0.359 e. The van der Waals surface area contributed by atoms with Gasteiger partial charge in [0.2, 0.25) is 0 Å². The number of carbonyl (C=O) groups excluding carboxylic acids is 2. The van der Waals surface area contributed by atoms with E-state index in [1.165, 1.54) is 4.90 Å². The molecule has 7 nitrogen and oxygen atoms in total. The van der Waals surface area contributed by atoms with Crippen molar-refractivity contribution in [2.45, 2.75) is 19.4 Å². The molecule has 1 amide bonds. The highest BCUT2D eigenvalue weighted by Crippen LogP contribution is 2.31. The average Bonchev–Trinajstić information content (AvgIpc) is 2.91. The van der Waals surface area contributed by atoms with Gasteiger partial charge in [-0.25, -0.2) is 18.2 Å². The molecule has 0 spiro atoms. The number of likely N-dealkylation sites (N-methyl/N-ethyl adjacent to an activating group) is 1. The summed E-state index contributed by atoms with van der Waals surface area (Å²) >= 11 is 17.5. The number of ether oxygens (including phenoxy) is 1. The van der Waals surface area contributed by atoms with Gasteiger partial charge in [0.25, 0.3) is 5.91 Å². The minimum atomic E-state index is -3.13. The summed E-state index contributed by atoms with van der Waals surface area (Å²) < 4.78 is 28.1. The van der Waals surface area contributed by atoms with Gasteiger partial charge in [-0.2, -0.15) is 0 Å². The molecule has 11 heteroatoms. The van der Waals surface area contributed by atoms with E-state index >= 15 is 0 Å². The number of aromatic nitrogens is 1. The van der Waals surface area contributed by atoms with E-state index in [1.807, 2.05) is 0 Å². The van der Waals surface area contributed by atoms with Crippen molar-refractivity contribution in [1.29, 1.82) is 0 Å². The third-order valence-electron chi connectivity index (χ3n) is 3.75. The number of rotatable bonds is 5. The van der Waals surface area contributed by atoms with Crippen LogP contribution in [0, 0.1) is 0 Å². The Balaban J connectivity index is 2.01. The van der Waals surface area contributed by atoms with Crippen LogP contribution < -0.4 is 0 Å². The molecule has 0 saturated carbocycles. The maximum absolute atomic E-state index is 12.3. The highest BCUT2D eigenvalue weighted by molar-refractivity contribution is 7.91. The zero-order chi connectivity index (χ0) is 18.8. The number of pyridine rings is 1. The Hall–Kier alpha value is -1.09. The second-order valence-electron chi connectivity index (χ2n) is 5.40. The molecule has 1 fully saturated rings. The van der Waals surface area contributed by atoms with Gasteiger partial charge in [-0.1, -0.05) is 34.8 Å². The summed E-state index contributed by atoms with van der Waals surface area (Å²) in [5, 5.41) is -0.122. The third kappa shape index (κ3) is 4.75. The van der Waals surface area contributed by atoms with Gasteiger partial charge in [-0.3, -0.25) is 4.79 Å². The topological polar surface area (TPSA) is 93.6 Å². The lowest BCUT2D eigenvalue weighted by atomic mass is 10.2. The molecule has 138 valence electrons. The van der Waals surface area contributed by atoms with E-state index in [9.17, 15) is 18.0 Å². The number of hydrogen-bond donors (Lipinski definition) is 0. The summed E-state index contributed by atoms with van der Waals surface area (Å²) in [5.41, 5.74) is -0.254. The smallest absolute Gasteiger partial charge is 0.359 e. The molecular formula is C14H15Cl3N2O5S. The van der Waals surface area contributed by atoms with Gasteiger partial charge in [-0.15, -0.1) is 0 Å². The number of sulfone groups is 1. The first-order chi connectivity index (χ1) is 11.7. The van der Waals surface area contributed by atoms with Crippen LogP contribution in [0.3, 0.4) is 0 Å². The highest BCUT2D eigenvalue weighted by Gasteiger charge is 2.34. The molecule has 1 saturated heterocycles. The molecule has 0 N–H and O–H groups in total. The molecule has 2 heterocycles. The van der Waals surface area contributed by atoms with E-state index in [2.05, 4.69) is 4.98 Å². The van der Waals surface area contributed by atoms with Gasteiger partial charge >= 0.3 is 5.97 Å². The Morgan fingerprint density at radius 3 is 2.56 bits per heavy atom. The molecule has 1 unspecified atom stereocenters. The first-order valence-electron chi connectivity index (χ1n) is 7.32. The lowest BCUT2D eigenvalue weighted by Gasteiger charge is -2.26. The molecule has 0 bridgehead atoms. The molecule has 0 aromatic carbocycles. The zero-order valence-electron chi connectivity index (χ0n) is 13.2. The molecule has 1 aromatic heterocycles. The first kappa shape index (κ1) is 20.2. The molecule has 0 aliphatic carbocycles. The maximum atomic E-state index is 12.3. The summed E-state index contributed by atoms with van der Waals surface area (Å²) in [6.07, 6.45) is 1.52. The number of nitrogens with zero attached hydrogens (tertiary/aromatic N) is 2. The van der Waals surface area contributed by atoms with E-state index in [-0.39, 0.29) is 32.3 Å². The van der Waals surface area contributed by atoms with Crippen LogP contribution in [0.1, 0.15) is 23.8 Å². The second-order valence-corrected chi connectivity index (χ2v) is 8.79.